The summed E-state index contributed by atoms with van der Waals surface area (Å²) < 4.78 is 8.43. The molecule has 1 fully saturated rings. The number of fused-ring (bicyclic) bond motifs is 1. The van der Waals surface area contributed by atoms with E-state index < -0.39 is 0 Å². The number of carbonyl (C=O) groups excluding carboxylic acids is 1. The molecule has 3 aromatic carbocycles. The van der Waals surface area contributed by atoms with Crippen LogP contribution in [-0.4, -0.2) is 65.6 Å². The maximum atomic E-state index is 13.4. The van der Waals surface area contributed by atoms with Crippen molar-refractivity contribution in [2.75, 3.05) is 39.3 Å². The van der Waals surface area contributed by atoms with Crippen LogP contribution in [0.2, 0.25) is 0 Å². The van der Waals surface area contributed by atoms with E-state index in [2.05, 4.69) is 69.1 Å². The molecule has 6 heteroatoms. The van der Waals surface area contributed by atoms with Crippen LogP contribution < -0.4 is 10.1 Å². The van der Waals surface area contributed by atoms with Gasteiger partial charge >= 0.3 is 0 Å². The Balaban J connectivity index is 1.20. The number of aromatic nitrogens is 1. The van der Waals surface area contributed by atoms with Gasteiger partial charge in [0.15, 0.2) is 0 Å². The summed E-state index contributed by atoms with van der Waals surface area (Å²) in [7, 11) is 0. The van der Waals surface area contributed by atoms with Crippen LogP contribution in [0, 0.1) is 6.92 Å². The molecule has 1 aromatic heterocycles. The number of nitrogens with one attached hydrogen (secondary N) is 1. The highest BCUT2D eigenvalue weighted by atomic mass is 16.5. The van der Waals surface area contributed by atoms with Gasteiger partial charge in [0.25, 0.3) is 5.91 Å². The summed E-state index contributed by atoms with van der Waals surface area (Å²) in [6.07, 6.45) is 4.21. The molecule has 0 unspecified atom stereocenters. The molecular formula is C35H44N4O2. The van der Waals surface area contributed by atoms with Gasteiger partial charge in [-0.05, 0) is 57.4 Å². The van der Waals surface area contributed by atoms with Crippen LogP contribution in [0.1, 0.15) is 47.3 Å². The second-order valence-electron chi connectivity index (χ2n) is 11.5. The van der Waals surface area contributed by atoms with Crippen molar-refractivity contribution in [1.82, 2.24) is 19.7 Å². The van der Waals surface area contributed by atoms with E-state index in [9.17, 15) is 4.79 Å². The molecule has 1 amide bonds. The number of rotatable bonds is 12. The van der Waals surface area contributed by atoms with E-state index in [1.807, 2.05) is 50.4 Å². The first-order chi connectivity index (χ1) is 20.0. The molecule has 0 aliphatic carbocycles. The molecule has 6 nitrogen and oxygen atoms in total. The lowest BCUT2D eigenvalue weighted by Gasteiger charge is -2.34. The number of piperazine rings is 1. The summed E-state index contributed by atoms with van der Waals surface area (Å²) in [5, 5.41) is 4.08. The molecule has 0 saturated carbocycles. The zero-order valence-electron chi connectivity index (χ0n) is 24.8. The second-order valence-corrected chi connectivity index (χ2v) is 11.5. The molecule has 1 saturated heterocycles. The Hall–Kier alpha value is -3.61. The first-order valence-corrected chi connectivity index (χ1v) is 15.1. The lowest BCUT2D eigenvalue weighted by atomic mass is 10.1. The number of carbonyl (C=O) groups is 1. The second kappa shape index (κ2) is 13.8. The third-order valence-corrected chi connectivity index (χ3v) is 7.90. The summed E-state index contributed by atoms with van der Waals surface area (Å²) in [5.74, 6) is 0.783. The number of para-hydroxylation sites is 1. The van der Waals surface area contributed by atoms with Crippen molar-refractivity contribution >= 4 is 16.8 Å². The Morgan fingerprint density at radius 1 is 0.854 bits per heavy atom. The maximum absolute atomic E-state index is 13.4. The van der Waals surface area contributed by atoms with Crippen LogP contribution in [-0.2, 0) is 19.5 Å². The highest BCUT2D eigenvalue weighted by Crippen LogP contribution is 2.31. The molecule has 1 aliphatic rings. The van der Waals surface area contributed by atoms with Gasteiger partial charge in [0.05, 0.1) is 17.2 Å². The fraction of sp³-hybridized carbons (Fsp3) is 0.400. The maximum Gasteiger partial charge on any atom is 0.253 e. The Labute approximate surface area is 244 Å². The van der Waals surface area contributed by atoms with E-state index in [0.29, 0.717) is 12.1 Å². The zero-order valence-corrected chi connectivity index (χ0v) is 24.8. The van der Waals surface area contributed by atoms with Gasteiger partial charge in [-0.1, -0.05) is 72.3 Å². The smallest absolute Gasteiger partial charge is 0.253 e. The minimum atomic E-state index is -0.0522. The Kier molecular flexibility index (Phi) is 9.75. The molecule has 1 N–H and O–H groups in total. The number of hydrogen-bond acceptors (Lipinski definition) is 4. The highest BCUT2D eigenvalue weighted by molar-refractivity contribution is 6.08. The minimum Gasteiger partial charge on any atom is -0.489 e. The van der Waals surface area contributed by atoms with Crippen molar-refractivity contribution in [3.63, 3.8) is 0 Å². The summed E-state index contributed by atoms with van der Waals surface area (Å²) in [4.78, 5) is 18.5. The summed E-state index contributed by atoms with van der Waals surface area (Å²) >= 11 is 0. The number of aryl methyl sites for hydroxylation is 2. The molecule has 41 heavy (non-hydrogen) atoms. The van der Waals surface area contributed by atoms with Crippen molar-refractivity contribution in [2.45, 2.75) is 52.8 Å². The molecule has 5 rings (SSSR count). The average Bonchev–Trinajstić information content (AvgIpc) is 3.35. The predicted octanol–water partition coefficient (Wildman–Crippen LogP) is 5.92. The number of hydrogen-bond donors (Lipinski definition) is 1. The minimum absolute atomic E-state index is 0.0522. The topological polar surface area (TPSA) is 49.7 Å². The van der Waals surface area contributed by atoms with E-state index in [0.717, 1.165) is 80.9 Å². The molecule has 2 heterocycles. The monoisotopic (exact) mass is 552 g/mol. The lowest BCUT2D eigenvalue weighted by Crippen LogP contribution is -2.47. The Bertz CT molecular complexity index is 1420. The van der Waals surface area contributed by atoms with E-state index in [-0.39, 0.29) is 12.0 Å². The average molecular weight is 553 g/mol. The third kappa shape index (κ3) is 7.78. The van der Waals surface area contributed by atoms with Gasteiger partial charge in [-0.25, -0.2) is 0 Å². The fourth-order valence-corrected chi connectivity index (χ4v) is 5.76. The number of ether oxygens (including phenoxy) is 1. The van der Waals surface area contributed by atoms with Gasteiger partial charge in [-0.3, -0.25) is 4.79 Å². The molecule has 0 spiro atoms. The molecule has 0 radical (unpaired) electrons. The van der Waals surface area contributed by atoms with Crippen LogP contribution in [0.3, 0.4) is 0 Å². The van der Waals surface area contributed by atoms with Crippen LogP contribution in [0.4, 0.5) is 0 Å². The molecule has 0 bridgehead atoms. The van der Waals surface area contributed by atoms with Gasteiger partial charge in [0, 0.05) is 57.4 Å². The highest BCUT2D eigenvalue weighted by Gasteiger charge is 2.20. The van der Waals surface area contributed by atoms with Gasteiger partial charge in [-0.2, -0.15) is 0 Å². The van der Waals surface area contributed by atoms with E-state index in [4.69, 9.17) is 4.74 Å². The van der Waals surface area contributed by atoms with Crippen molar-refractivity contribution in [3.8, 4) is 5.75 Å². The van der Waals surface area contributed by atoms with Gasteiger partial charge in [0.1, 0.15) is 5.75 Å². The number of nitrogens with zero attached hydrogens (tertiary/aromatic N) is 3. The molecule has 216 valence electrons. The van der Waals surface area contributed by atoms with Crippen molar-refractivity contribution in [1.29, 1.82) is 0 Å². The molecule has 1 aliphatic heterocycles. The van der Waals surface area contributed by atoms with Crippen LogP contribution in [0.5, 0.6) is 5.75 Å². The van der Waals surface area contributed by atoms with E-state index >= 15 is 0 Å². The zero-order chi connectivity index (χ0) is 28.6. The van der Waals surface area contributed by atoms with Gasteiger partial charge in [0.2, 0.25) is 0 Å². The summed E-state index contributed by atoms with van der Waals surface area (Å²) in [5.41, 5.74) is 5.42. The number of amides is 1. The fourth-order valence-electron chi connectivity index (χ4n) is 5.76. The molecule has 4 aromatic rings. The van der Waals surface area contributed by atoms with Gasteiger partial charge < -0.3 is 24.4 Å². The van der Waals surface area contributed by atoms with Crippen LogP contribution in [0.25, 0.3) is 10.9 Å². The normalized spacial score (nSPS) is 14.5. The number of benzene rings is 3. The van der Waals surface area contributed by atoms with Crippen molar-refractivity contribution < 1.29 is 9.53 Å². The Morgan fingerprint density at radius 3 is 2.29 bits per heavy atom. The Morgan fingerprint density at radius 2 is 1.56 bits per heavy atom. The largest absolute Gasteiger partial charge is 0.489 e. The summed E-state index contributed by atoms with van der Waals surface area (Å²) in [6, 6.07) is 25.1. The first-order valence-electron chi connectivity index (χ1n) is 15.1. The van der Waals surface area contributed by atoms with E-state index in [1.165, 1.54) is 11.1 Å². The third-order valence-electron chi connectivity index (χ3n) is 7.90. The molecule has 0 atom stereocenters. The van der Waals surface area contributed by atoms with Crippen LogP contribution >= 0.6 is 0 Å². The summed E-state index contributed by atoms with van der Waals surface area (Å²) in [6.45, 7) is 14.1. The lowest BCUT2D eigenvalue weighted by molar-refractivity contribution is 0.0952. The van der Waals surface area contributed by atoms with Gasteiger partial charge in [-0.15, -0.1) is 0 Å². The molecular weight excluding hydrogens is 508 g/mol. The SMILES string of the molecule is Cc1cccc(CNC(=O)c2cn(CCCN3CCN(CCc4ccccc4)CC3)c3c(OC(C)C)cccc23)c1. The quantitative estimate of drug-likeness (QED) is 0.237. The van der Waals surface area contributed by atoms with Crippen LogP contribution in [0.15, 0.2) is 79.0 Å². The standard InChI is InChI=1S/C35H44N4O2/c1-27(2)41-33-15-8-14-31-32(35(40)36-25-30-13-7-10-28(3)24-30)26-39(34(31)33)18-9-17-37-20-22-38(23-21-37)19-16-29-11-5-4-6-12-29/h4-8,10-15,24,26-27H,9,16-23,25H2,1-3H3,(H,36,40). The van der Waals surface area contributed by atoms with Crippen molar-refractivity contribution in [3.05, 3.63) is 101 Å². The predicted molar refractivity (Wildman–Crippen MR) is 168 cm³/mol. The first kappa shape index (κ1) is 28.9. The van der Waals surface area contributed by atoms with E-state index in [1.54, 1.807) is 0 Å². The van der Waals surface area contributed by atoms with Crippen molar-refractivity contribution in [2.24, 2.45) is 0 Å².